The highest BCUT2D eigenvalue weighted by molar-refractivity contribution is 5.68. The molecule has 8 heteroatoms. The van der Waals surface area contributed by atoms with E-state index >= 15 is 0 Å². The second-order valence-corrected chi connectivity index (χ2v) is 4.20. The lowest BCUT2D eigenvalue weighted by Gasteiger charge is -2.17. The maximum atomic E-state index is 11.2. The highest BCUT2D eigenvalue weighted by Crippen LogP contribution is 2.07. The monoisotopic (exact) mass is 304 g/mol. The number of hydrogen-bond acceptors (Lipinski definition) is 6. The van der Waals surface area contributed by atoms with Crippen LogP contribution in [0.4, 0.5) is 9.59 Å². The van der Waals surface area contributed by atoms with Gasteiger partial charge in [0.2, 0.25) is 0 Å². The number of esters is 1. The SMILES string of the molecule is CCC(=O)OCCCCC(COC(=O)NC)OC(=O)NC. The third-order valence-corrected chi connectivity index (χ3v) is 2.55. The number of ether oxygens (including phenoxy) is 3. The third kappa shape index (κ3) is 10.5. The van der Waals surface area contributed by atoms with E-state index in [0.29, 0.717) is 32.3 Å². The number of unbranched alkanes of at least 4 members (excludes halogenated alkanes) is 1. The molecule has 0 aromatic carbocycles. The Morgan fingerprint density at radius 3 is 2.24 bits per heavy atom. The zero-order valence-electron chi connectivity index (χ0n) is 12.8. The Labute approximate surface area is 124 Å². The zero-order chi connectivity index (χ0) is 16.1. The minimum Gasteiger partial charge on any atom is -0.466 e. The highest BCUT2D eigenvalue weighted by atomic mass is 16.6. The summed E-state index contributed by atoms with van der Waals surface area (Å²) in [4.78, 5) is 33.1. The van der Waals surface area contributed by atoms with Gasteiger partial charge in [-0.05, 0) is 19.3 Å². The molecular formula is C13H24N2O6. The highest BCUT2D eigenvalue weighted by Gasteiger charge is 2.15. The van der Waals surface area contributed by atoms with E-state index in [1.807, 2.05) is 0 Å². The quantitative estimate of drug-likeness (QED) is 0.377. The van der Waals surface area contributed by atoms with E-state index in [9.17, 15) is 14.4 Å². The fourth-order valence-electron chi connectivity index (χ4n) is 1.39. The second kappa shape index (κ2) is 11.8. The van der Waals surface area contributed by atoms with Crippen molar-refractivity contribution in [2.75, 3.05) is 27.3 Å². The summed E-state index contributed by atoms with van der Waals surface area (Å²) in [5.74, 6) is -0.240. The van der Waals surface area contributed by atoms with E-state index in [4.69, 9.17) is 14.2 Å². The van der Waals surface area contributed by atoms with Crippen molar-refractivity contribution in [1.82, 2.24) is 10.6 Å². The average Bonchev–Trinajstić information content (AvgIpc) is 2.50. The van der Waals surface area contributed by atoms with Gasteiger partial charge < -0.3 is 24.8 Å². The first-order valence-corrected chi connectivity index (χ1v) is 6.91. The van der Waals surface area contributed by atoms with Crippen LogP contribution in [0.25, 0.3) is 0 Å². The van der Waals surface area contributed by atoms with Gasteiger partial charge in [0.15, 0.2) is 0 Å². The molecule has 0 aliphatic heterocycles. The Morgan fingerprint density at radius 2 is 1.67 bits per heavy atom. The topological polar surface area (TPSA) is 103 Å². The molecule has 1 atom stereocenters. The third-order valence-electron chi connectivity index (χ3n) is 2.55. The molecule has 0 aliphatic rings. The molecule has 0 radical (unpaired) electrons. The zero-order valence-corrected chi connectivity index (χ0v) is 12.8. The van der Waals surface area contributed by atoms with Gasteiger partial charge in [0, 0.05) is 20.5 Å². The van der Waals surface area contributed by atoms with Crippen molar-refractivity contribution in [2.45, 2.75) is 38.7 Å². The average molecular weight is 304 g/mol. The summed E-state index contributed by atoms with van der Waals surface area (Å²) in [6.07, 6.45) is 0.477. The minimum absolute atomic E-state index is 0.0260. The lowest BCUT2D eigenvalue weighted by atomic mass is 10.1. The van der Waals surface area contributed by atoms with E-state index in [-0.39, 0.29) is 12.6 Å². The molecule has 0 aromatic heterocycles. The Bertz CT molecular complexity index is 335. The van der Waals surface area contributed by atoms with Crippen LogP contribution in [0.2, 0.25) is 0 Å². The summed E-state index contributed by atoms with van der Waals surface area (Å²) in [6, 6.07) is 0. The van der Waals surface area contributed by atoms with Crippen LogP contribution < -0.4 is 10.6 Å². The van der Waals surface area contributed by atoms with Gasteiger partial charge in [-0.3, -0.25) is 4.79 Å². The Kier molecular flexibility index (Phi) is 10.7. The lowest BCUT2D eigenvalue weighted by Crippen LogP contribution is -2.31. The van der Waals surface area contributed by atoms with Crippen molar-refractivity contribution in [3.8, 4) is 0 Å². The van der Waals surface area contributed by atoms with E-state index in [1.54, 1.807) is 6.92 Å². The predicted molar refractivity (Wildman–Crippen MR) is 74.8 cm³/mol. The van der Waals surface area contributed by atoms with Crippen molar-refractivity contribution in [3.05, 3.63) is 0 Å². The van der Waals surface area contributed by atoms with Crippen LogP contribution in [0.3, 0.4) is 0 Å². The van der Waals surface area contributed by atoms with Crippen LogP contribution in [-0.2, 0) is 19.0 Å². The van der Waals surface area contributed by atoms with Crippen LogP contribution in [0.5, 0.6) is 0 Å². The van der Waals surface area contributed by atoms with Crippen LogP contribution in [0.15, 0.2) is 0 Å². The summed E-state index contributed by atoms with van der Waals surface area (Å²) in [7, 11) is 2.89. The first-order chi connectivity index (χ1) is 10.0. The van der Waals surface area contributed by atoms with Crippen molar-refractivity contribution in [2.24, 2.45) is 0 Å². The summed E-state index contributed by atoms with van der Waals surface area (Å²) < 4.78 is 14.9. The molecule has 0 fully saturated rings. The molecule has 2 N–H and O–H groups in total. The fraction of sp³-hybridized carbons (Fsp3) is 0.769. The van der Waals surface area contributed by atoms with E-state index < -0.39 is 18.3 Å². The molecule has 2 amide bonds. The molecule has 0 aliphatic carbocycles. The molecule has 1 unspecified atom stereocenters. The normalized spacial score (nSPS) is 11.2. The van der Waals surface area contributed by atoms with Gasteiger partial charge in [-0.2, -0.15) is 0 Å². The van der Waals surface area contributed by atoms with E-state index in [0.717, 1.165) is 0 Å². The predicted octanol–water partition coefficient (Wildman–Crippen LogP) is 1.19. The number of alkyl carbamates (subject to hydrolysis) is 2. The summed E-state index contributed by atoms with van der Waals surface area (Å²) >= 11 is 0. The van der Waals surface area contributed by atoms with Crippen molar-refractivity contribution in [1.29, 1.82) is 0 Å². The number of nitrogens with one attached hydrogen (secondary N) is 2. The maximum absolute atomic E-state index is 11.2. The molecule has 21 heavy (non-hydrogen) atoms. The van der Waals surface area contributed by atoms with Crippen LogP contribution >= 0.6 is 0 Å². The molecule has 0 saturated heterocycles. The van der Waals surface area contributed by atoms with E-state index in [1.165, 1.54) is 14.1 Å². The van der Waals surface area contributed by atoms with Crippen LogP contribution in [-0.4, -0.2) is 51.6 Å². The van der Waals surface area contributed by atoms with Gasteiger partial charge in [0.25, 0.3) is 0 Å². The maximum Gasteiger partial charge on any atom is 0.407 e. The van der Waals surface area contributed by atoms with Gasteiger partial charge in [-0.15, -0.1) is 0 Å². The first-order valence-electron chi connectivity index (χ1n) is 6.91. The number of carbonyl (C=O) groups is 3. The number of carbonyl (C=O) groups excluding carboxylic acids is 3. The van der Waals surface area contributed by atoms with Gasteiger partial charge in [-0.1, -0.05) is 6.92 Å². The number of hydrogen-bond donors (Lipinski definition) is 2. The summed E-state index contributed by atoms with van der Waals surface area (Å²) in [6.45, 7) is 2.03. The van der Waals surface area contributed by atoms with Crippen molar-refractivity contribution < 1.29 is 28.6 Å². The molecule has 0 aromatic rings. The molecule has 0 rings (SSSR count). The van der Waals surface area contributed by atoms with Crippen molar-refractivity contribution in [3.63, 3.8) is 0 Å². The van der Waals surface area contributed by atoms with Gasteiger partial charge >= 0.3 is 18.2 Å². The molecule has 0 spiro atoms. The molecule has 0 heterocycles. The van der Waals surface area contributed by atoms with Crippen molar-refractivity contribution >= 4 is 18.2 Å². The Morgan fingerprint density at radius 1 is 1.00 bits per heavy atom. The van der Waals surface area contributed by atoms with Gasteiger partial charge in [0.05, 0.1) is 6.61 Å². The standard InChI is InChI=1S/C13H24N2O6/c1-4-11(16)19-8-6-5-7-10(21-13(18)15-3)9-20-12(17)14-2/h10H,4-9H2,1-3H3,(H,14,17)(H,15,18). The second-order valence-electron chi connectivity index (χ2n) is 4.20. The number of rotatable bonds is 9. The van der Waals surface area contributed by atoms with E-state index in [2.05, 4.69) is 10.6 Å². The largest absolute Gasteiger partial charge is 0.466 e. The molecule has 0 saturated carbocycles. The minimum atomic E-state index is -0.586. The molecular weight excluding hydrogens is 280 g/mol. The van der Waals surface area contributed by atoms with Gasteiger partial charge in [-0.25, -0.2) is 9.59 Å². The summed E-state index contributed by atoms with van der Waals surface area (Å²) in [5, 5.41) is 4.64. The first kappa shape index (κ1) is 19.0. The Balaban J connectivity index is 4.00. The molecule has 122 valence electrons. The van der Waals surface area contributed by atoms with Gasteiger partial charge in [0.1, 0.15) is 12.7 Å². The molecule has 8 nitrogen and oxygen atoms in total. The fourth-order valence-corrected chi connectivity index (χ4v) is 1.39. The smallest absolute Gasteiger partial charge is 0.407 e. The summed E-state index contributed by atoms with van der Waals surface area (Å²) in [5.41, 5.74) is 0. The van der Waals surface area contributed by atoms with Crippen LogP contribution in [0.1, 0.15) is 32.6 Å². The molecule has 0 bridgehead atoms. The Hall–Kier alpha value is -1.99. The number of amides is 2. The lowest BCUT2D eigenvalue weighted by molar-refractivity contribution is -0.143. The van der Waals surface area contributed by atoms with Crippen LogP contribution in [0, 0.1) is 0 Å².